The van der Waals surface area contributed by atoms with Gasteiger partial charge in [0.05, 0.1) is 17.6 Å². The number of aromatic nitrogens is 3. The molecule has 0 aliphatic rings. The number of benzene rings is 1. The number of nitrogens with two attached hydrogens (primary N) is 1. The highest BCUT2D eigenvalue weighted by Crippen LogP contribution is 2.27. The molecule has 0 saturated carbocycles. The number of hydrogen-bond donors (Lipinski definition) is 2. The molecular weight excluding hydrogens is 338 g/mol. The van der Waals surface area contributed by atoms with E-state index in [0.29, 0.717) is 22.3 Å². The first kappa shape index (κ1) is 17.2. The van der Waals surface area contributed by atoms with Gasteiger partial charge in [-0.25, -0.2) is 9.50 Å². The number of amides is 1. The highest BCUT2D eigenvalue weighted by Gasteiger charge is 2.14. The van der Waals surface area contributed by atoms with Crippen molar-refractivity contribution in [3.63, 3.8) is 0 Å². The van der Waals surface area contributed by atoms with E-state index in [-0.39, 0.29) is 0 Å². The summed E-state index contributed by atoms with van der Waals surface area (Å²) in [4.78, 5) is 15.9. The van der Waals surface area contributed by atoms with Gasteiger partial charge in [0, 0.05) is 23.7 Å². The van der Waals surface area contributed by atoms with Gasteiger partial charge in [-0.1, -0.05) is 31.5 Å². The van der Waals surface area contributed by atoms with E-state index in [4.69, 9.17) is 17.3 Å². The second-order valence-corrected chi connectivity index (χ2v) is 6.82. The molecule has 0 saturated heterocycles. The molecule has 7 heteroatoms. The normalized spacial score (nSPS) is 11.2. The van der Waals surface area contributed by atoms with Gasteiger partial charge in [-0.05, 0) is 30.5 Å². The first-order chi connectivity index (χ1) is 11.9. The fourth-order valence-electron chi connectivity index (χ4n) is 2.68. The van der Waals surface area contributed by atoms with Crippen LogP contribution in [0.3, 0.4) is 0 Å². The Morgan fingerprint density at radius 3 is 2.76 bits per heavy atom. The van der Waals surface area contributed by atoms with E-state index in [1.54, 1.807) is 22.8 Å². The maximum absolute atomic E-state index is 11.4. The number of rotatable bonds is 5. The number of nitrogens with one attached hydrogen (secondary N) is 1. The fourth-order valence-corrected chi connectivity index (χ4v) is 2.86. The molecule has 2 aromatic heterocycles. The fraction of sp³-hybridized carbons (Fsp3) is 0.278. The second-order valence-electron chi connectivity index (χ2n) is 6.43. The van der Waals surface area contributed by atoms with E-state index >= 15 is 0 Å². The van der Waals surface area contributed by atoms with Crippen LogP contribution in [0.2, 0.25) is 5.15 Å². The first-order valence-corrected chi connectivity index (χ1v) is 8.43. The summed E-state index contributed by atoms with van der Waals surface area (Å²) < 4.78 is 1.71. The highest BCUT2D eigenvalue weighted by atomic mass is 35.5. The van der Waals surface area contributed by atoms with Crippen LogP contribution in [0.1, 0.15) is 29.8 Å². The second kappa shape index (κ2) is 6.72. The van der Waals surface area contributed by atoms with Gasteiger partial charge in [-0.3, -0.25) is 4.79 Å². The van der Waals surface area contributed by atoms with Crippen LogP contribution in [0.25, 0.3) is 16.9 Å². The molecule has 3 rings (SSSR count). The van der Waals surface area contributed by atoms with Crippen LogP contribution in [0.15, 0.2) is 30.5 Å². The molecule has 0 aliphatic heterocycles. The minimum atomic E-state index is -0.441. The van der Waals surface area contributed by atoms with E-state index in [2.05, 4.69) is 29.2 Å². The van der Waals surface area contributed by atoms with Gasteiger partial charge in [0.1, 0.15) is 0 Å². The smallest absolute Gasteiger partial charge is 0.248 e. The molecule has 0 spiro atoms. The molecule has 3 aromatic rings. The molecule has 0 fully saturated rings. The lowest BCUT2D eigenvalue weighted by molar-refractivity contribution is 0.0999. The van der Waals surface area contributed by atoms with E-state index < -0.39 is 5.91 Å². The number of primary amides is 1. The summed E-state index contributed by atoms with van der Waals surface area (Å²) in [5, 5.41) is 8.11. The molecule has 2 heterocycles. The van der Waals surface area contributed by atoms with Crippen molar-refractivity contribution in [2.24, 2.45) is 11.7 Å². The Kier molecular flexibility index (Phi) is 4.63. The summed E-state index contributed by atoms with van der Waals surface area (Å²) in [5.74, 6) is 0.0500. The summed E-state index contributed by atoms with van der Waals surface area (Å²) in [5.41, 5.74) is 9.91. The Morgan fingerprint density at radius 2 is 2.12 bits per heavy atom. The molecule has 6 nitrogen and oxygen atoms in total. The van der Waals surface area contributed by atoms with Crippen molar-refractivity contribution in [1.82, 2.24) is 14.6 Å². The van der Waals surface area contributed by atoms with Crippen molar-refractivity contribution < 1.29 is 4.79 Å². The van der Waals surface area contributed by atoms with Gasteiger partial charge in [-0.2, -0.15) is 5.10 Å². The number of aryl methyl sites for hydroxylation is 1. The maximum atomic E-state index is 11.4. The van der Waals surface area contributed by atoms with E-state index in [9.17, 15) is 4.79 Å². The Hall–Kier alpha value is -2.60. The number of imidazole rings is 1. The highest BCUT2D eigenvalue weighted by molar-refractivity contribution is 6.29. The SMILES string of the molecule is Cc1cc(-c2cnc3c(NCC(C)C)cc(Cl)nn23)ccc1C(N)=O. The number of fused-ring (bicyclic) bond motifs is 1. The van der Waals surface area contributed by atoms with Crippen LogP contribution < -0.4 is 11.1 Å². The molecule has 1 aromatic carbocycles. The molecule has 0 radical (unpaired) electrons. The monoisotopic (exact) mass is 357 g/mol. The van der Waals surface area contributed by atoms with Crippen LogP contribution in [-0.4, -0.2) is 27.0 Å². The zero-order valence-corrected chi connectivity index (χ0v) is 15.1. The Morgan fingerprint density at radius 1 is 1.36 bits per heavy atom. The van der Waals surface area contributed by atoms with Crippen molar-refractivity contribution in [3.8, 4) is 11.3 Å². The van der Waals surface area contributed by atoms with E-state index in [0.717, 1.165) is 29.1 Å². The van der Waals surface area contributed by atoms with Crippen LogP contribution in [0, 0.1) is 12.8 Å². The predicted octanol–water partition coefficient (Wildman–Crippen LogP) is 3.52. The topological polar surface area (TPSA) is 85.3 Å². The summed E-state index contributed by atoms with van der Waals surface area (Å²) in [6, 6.07) is 7.22. The van der Waals surface area contributed by atoms with Gasteiger partial charge in [-0.15, -0.1) is 0 Å². The number of anilines is 1. The molecule has 25 heavy (non-hydrogen) atoms. The third-order valence-corrected chi connectivity index (χ3v) is 4.11. The van der Waals surface area contributed by atoms with Crippen molar-refractivity contribution in [1.29, 1.82) is 0 Å². The molecule has 0 bridgehead atoms. The van der Waals surface area contributed by atoms with Gasteiger partial charge in [0.2, 0.25) is 5.91 Å². The van der Waals surface area contributed by atoms with Gasteiger partial charge in [0.15, 0.2) is 10.8 Å². The lowest BCUT2D eigenvalue weighted by Crippen LogP contribution is -2.12. The molecule has 3 N–H and O–H groups in total. The average molecular weight is 358 g/mol. The number of carbonyl (C=O) groups excluding carboxylic acids is 1. The van der Waals surface area contributed by atoms with Crippen LogP contribution in [0.5, 0.6) is 0 Å². The van der Waals surface area contributed by atoms with E-state index in [1.807, 2.05) is 19.1 Å². The van der Waals surface area contributed by atoms with Crippen molar-refractivity contribution in [3.05, 3.63) is 46.7 Å². The lowest BCUT2D eigenvalue weighted by Gasteiger charge is -2.11. The molecule has 0 unspecified atom stereocenters. The Balaban J connectivity index is 2.09. The molecule has 130 valence electrons. The minimum Gasteiger partial charge on any atom is -0.382 e. The summed E-state index contributed by atoms with van der Waals surface area (Å²) in [6.07, 6.45) is 1.75. The Labute approximate surface area is 151 Å². The summed E-state index contributed by atoms with van der Waals surface area (Å²) >= 11 is 6.19. The van der Waals surface area contributed by atoms with E-state index in [1.165, 1.54) is 0 Å². The van der Waals surface area contributed by atoms with Crippen LogP contribution in [-0.2, 0) is 0 Å². The standard InChI is InChI=1S/C18H20ClN5O/c1-10(2)8-21-14-7-16(19)23-24-15(9-22-18(14)24)12-4-5-13(17(20)25)11(3)6-12/h4-7,9-10,21H,8H2,1-3H3,(H2,20,25). The molecule has 0 aliphatic carbocycles. The summed E-state index contributed by atoms with van der Waals surface area (Å²) in [7, 11) is 0. The number of nitrogens with zero attached hydrogens (tertiary/aromatic N) is 3. The zero-order chi connectivity index (χ0) is 18.1. The van der Waals surface area contributed by atoms with Crippen molar-refractivity contribution in [2.45, 2.75) is 20.8 Å². The van der Waals surface area contributed by atoms with Crippen LogP contribution in [0.4, 0.5) is 5.69 Å². The molecular formula is C18H20ClN5O. The third-order valence-electron chi connectivity index (χ3n) is 3.93. The summed E-state index contributed by atoms with van der Waals surface area (Å²) in [6.45, 7) is 6.92. The third kappa shape index (κ3) is 3.44. The van der Waals surface area contributed by atoms with Crippen molar-refractivity contribution in [2.75, 3.05) is 11.9 Å². The van der Waals surface area contributed by atoms with Crippen LogP contribution >= 0.6 is 11.6 Å². The van der Waals surface area contributed by atoms with Crippen molar-refractivity contribution >= 4 is 28.8 Å². The maximum Gasteiger partial charge on any atom is 0.248 e. The number of hydrogen-bond acceptors (Lipinski definition) is 4. The largest absolute Gasteiger partial charge is 0.382 e. The molecule has 1 amide bonds. The molecule has 0 atom stereocenters. The lowest BCUT2D eigenvalue weighted by atomic mass is 10.0. The average Bonchev–Trinajstić information content (AvgIpc) is 2.95. The quantitative estimate of drug-likeness (QED) is 0.731. The van der Waals surface area contributed by atoms with Gasteiger partial charge in [0.25, 0.3) is 0 Å². The number of halogens is 1. The minimum absolute atomic E-state index is 0.378. The Bertz CT molecular complexity index is 948. The van der Waals surface area contributed by atoms with Gasteiger partial charge >= 0.3 is 0 Å². The first-order valence-electron chi connectivity index (χ1n) is 8.05. The van der Waals surface area contributed by atoms with Gasteiger partial charge < -0.3 is 11.1 Å². The predicted molar refractivity (Wildman–Crippen MR) is 100 cm³/mol. The zero-order valence-electron chi connectivity index (χ0n) is 14.4. The number of carbonyl (C=O) groups is 1.